The Morgan fingerprint density at radius 2 is 1.96 bits per heavy atom. The summed E-state index contributed by atoms with van der Waals surface area (Å²) < 4.78 is 34.3. The number of halogens is 2. The number of alkyl halides is 2. The fraction of sp³-hybridized carbons (Fsp3) is 0.900. The van der Waals surface area contributed by atoms with Gasteiger partial charge in [-0.2, -0.15) is 0 Å². The lowest BCUT2D eigenvalue weighted by molar-refractivity contribution is -0.356. The van der Waals surface area contributed by atoms with Gasteiger partial charge in [-0.3, -0.25) is 9.59 Å². The van der Waals surface area contributed by atoms with Crippen molar-refractivity contribution in [3.63, 3.8) is 0 Å². The number of hydrogen-bond donors (Lipinski definition) is 2. The minimum atomic E-state index is -3.31. The molecule has 1 aliphatic heterocycles. The van der Waals surface area contributed by atoms with E-state index in [9.17, 15) is 23.5 Å². The quantitative estimate of drug-likeness (QED) is 0.514. The number of carboxylic acids is 1. The lowest BCUT2D eigenvalue weighted by Crippen LogP contribution is -2.55. The predicted molar refractivity (Wildman–Crippen MR) is 95.5 cm³/mol. The second-order valence-electron chi connectivity index (χ2n) is 8.07. The van der Waals surface area contributed by atoms with E-state index in [0.717, 1.165) is 19.3 Å². The molecule has 0 aromatic heterocycles. The highest BCUT2D eigenvalue weighted by atomic mass is 19.3. The summed E-state index contributed by atoms with van der Waals surface area (Å²) in [5, 5.41) is 19.1. The highest BCUT2D eigenvalue weighted by Crippen LogP contribution is 2.49. The fourth-order valence-electron chi connectivity index (χ4n) is 4.42. The predicted octanol–water partition coefficient (Wildman–Crippen LogP) is 4.31. The van der Waals surface area contributed by atoms with Gasteiger partial charge in [0.25, 0.3) is 0 Å². The Kier molecular flexibility index (Phi) is 7.74. The first kappa shape index (κ1) is 22.2. The highest BCUT2D eigenvalue weighted by Gasteiger charge is 2.59. The second kappa shape index (κ2) is 9.41. The molecule has 1 saturated heterocycles. The van der Waals surface area contributed by atoms with Crippen molar-refractivity contribution in [2.75, 3.05) is 0 Å². The third-order valence-corrected chi connectivity index (χ3v) is 6.04. The van der Waals surface area contributed by atoms with Crippen molar-refractivity contribution in [3.05, 3.63) is 0 Å². The fourth-order valence-corrected chi connectivity index (χ4v) is 4.42. The first-order valence-corrected chi connectivity index (χ1v) is 10.2. The van der Waals surface area contributed by atoms with Gasteiger partial charge in [0.15, 0.2) is 0 Å². The molecule has 1 saturated carbocycles. The molecule has 0 radical (unpaired) electrons. The van der Waals surface area contributed by atoms with Crippen molar-refractivity contribution in [3.8, 4) is 0 Å². The highest BCUT2D eigenvalue weighted by molar-refractivity contribution is 5.84. The van der Waals surface area contributed by atoms with Crippen molar-refractivity contribution in [1.82, 2.24) is 0 Å². The van der Waals surface area contributed by atoms with Crippen LogP contribution in [-0.2, 0) is 14.3 Å². The van der Waals surface area contributed by atoms with Gasteiger partial charge in [-0.05, 0) is 31.6 Å². The molecule has 1 aliphatic carbocycles. The van der Waals surface area contributed by atoms with Crippen LogP contribution in [0.5, 0.6) is 0 Å². The van der Waals surface area contributed by atoms with Crippen LogP contribution in [0.25, 0.3) is 0 Å². The molecule has 1 heterocycles. The Bertz CT molecular complexity index is 525. The van der Waals surface area contributed by atoms with Crippen LogP contribution in [0.4, 0.5) is 8.78 Å². The smallest absolute Gasteiger partial charge is 0.303 e. The van der Waals surface area contributed by atoms with Crippen LogP contribution in [0.2, 0.25) is 0 Å². The standard InChI is InChI=1S/C20H32F2O5/c1-2-3-11-19(21,22)20(26)12-10-15-14(16(23)13-17(15)27-20)8-6-4-5-7-9-18(24)25/h14-15,17,26H,2-13H2,1H3,(H,24,25)/t14-,15-,17-,20?/m1/s1. The zero-order valence-corrected chi connectivity index (χ0v) is 16.1. The lowest BCUT2D eigenvalue weighted by atomic mass is 9.81. The van der Waals surface area contributed by atoms with Crippen LogP contribution in [-0.4, -0.2) is 39.8 Å². The molecule has 0 aromatic rings. The van der Waals surface area contributed by atoms with E-state index >= 15 is 0 Å². The van der Waals surface area contributed by atoms with Crippen molar-refractivity contribution in [2.45, 2.75) is 102 Å². The van der Waals surface area contributed by atoms with E-state index in [4.69, 9.17) is 9.84 Å². The second-order valence-corrected chi connectivity index (χ2v) is 8.07. The van der Waals surface area contributed by atoms with Crippen LogP contribution in [0, 0.1) is 11.8 Å². The van der Waals surface area contributed by atoms with Crippen molar-refractivity contribution >= 4 is 11.8 Å². The van der Waals surface area contributed by atoms with E-state index in [1.807, 2.05) is 6.92 Å². The number of aliphatic carboxylic acids is 1. The number of carbonyl (C=O) groups is 2. The van der Waals surface area contributed by atoms with Gasteiger partial charge in [-0.1, -0.05) is 32.6 Å². The summed E-state index contributed by atoms with van der Waals surface area (Å²) in [7, 11) is 0. The van der Waals surface area contributed by atoms with Crippen LogP contribution < -0.4 is 0 Å². The lowest BCUT2D eigenvalue weighted by Gasteiger charge is -2.43. The van der Waals surface area contributed by atoms with E-state index in [1.165, 1.54) is 0 Å². The number of unbranched alkanes of at least 4 members (excludes halogenated alkanes) is 4. The van der Waals surface area contributed by atoms with Gasteiger partial charge >= 0.3 is 11.9 Å². The van der Waals surface area contributed by atoms with Gasteiger partial charge in [0, 0.05) is 31.6 Å². The molecular weight excluding hydrogens is 358 g/mol. The maximum Gasteiger partial charge on any atom is 0.303 e. The van der Waals surface area contributed by atoms with Crippen LogP contribution in [0.3, 0.4) is 0 Å². The normalized spacial score (nSPS) is 31.1. The van der Waals surface area contributed by atoms with E-state index in [2.05, 4.69) is 0 Å². The molecule has 0 spiro atoms. The minimum Gasteiger partial charge on any atom is -0.481 e. The summed E-state index contributed by atoms with van der Waals surface area (Å²) >= 11 is 0. The van der Waals surface area contributed by atoms with Gasteiger partial charge in [0.05, 0.1) is 6.10 Å². The van der Waals surface area contributed by atoms with Crippen LogP contribution in [0.1, 0.15) is 84.0 Å². The number of ether oxygens (including phenoxy) is 1. The van der Waals surface area contributed by atoms with Crippen molar-refractivity contribution in [2.24, 2.45) is 11.8 Å². The van der Waals surface area contributed by atoms with Crippen LogP contribution in [0.15, 0.2) is 0 Å². The summed E-state index contributed by atoms with van der Waals surface area (Å²) in [6.07, 6.45) is 4.17. The SMILES string of the molecule is CCCCC(F)(F)C1(O)CC[C@H]2[C@@H](CC(=O)[C@@H]2CCCCCCC(=O)O)O1. The molecule has 5 nitrogen and oxygen atoms in total. The van der Waals surface area contributed by atoms with Gasteiger partial charge in [-0.25, -0.2) is 8.78 Å². The summed E-state index contributed by atoms with van der Waals surface area (Å²) in [4.78, 5) is 22.8. The van der Waals surface area contributed by atoms with E-state index in [1.54, 1.807) is 0 Å². The Hall–Kier alpha value is -1.08. The molecule has 156 valence electrons. The third kappa shape index (κ3) is 5.47. The Morgan fingerprint density at radius 3 is 2.63 bits per heavy atom. The molecule has 2 N–H and O–H groups in total. The number of fused-ring (bicyclic) bond motifs is 1. The minimum absolute atomic E-state index is 0.0386. The average molecular weight is 390 g/mol. The number of rotatable bonds is 11. The van der Waals surface area contributed by atoms with E-state index < -0.39 is 30.2 Å². The molecule has 0 aromatic carbocycles. The topological polar surface area (TPSA) is 83.8 Å². The first-order valence-electron chi connectivity index (χ1n) is 10.2. The van der Waals surface area contributed by atoms with Crippen molar-refractivity contribution in [1.29, 1.82) is 0 Å². The summed E-state index contributed by atoms with van der Waals surface area (Å²) in [6.45, 7) is 1.82. The number of carboxylic acid groups (broad SMARTS) is 1. The number of aliphatic hydroxyl groups is 1. The number of ketones is 1. The first-order chi connectivity index (χ1) is 12.7. The molecule has 27 heavy (non-hydrogen) atoms. The molecule has 2 rings (SSSR count). The molecule has 1 unspecified atom stereocenters. The summed E-state index contributed by atoms with van der Waals surface area (Å²) in [5.41, 5.74) is 0. The number of Topliss-reactive ketones (excluding diaryl/α,β-unsaturated/α-hetero) is 1. The van der Waals surface area contributed by atoms with Gasteiger partial charge in [0.2, 0.25) is 5.79 Å². The van der Waals surface area contributed by atoms with Gasteiger partial charge < -0.3 is 14.9 Å². The number of carbonyl (C=O) groups excluding carboxylic acids is 1. The van der Waals surface area contributed by atoms with Crippen molar-refractivity contribution < 1.29 is 33.3 Å². The maximum absolute atomic E-state index is 14.4. The zero-order valence-electron chi connectivity index (χ0n) is 16.1. The summed E-state index contributed by atoms with van der Waals surface area (Å²) in [5.74, 6) is -6.82. The molecular formula is C20H32F2O5. The molecule has 0 bridgehead atoms. The monoisotopic (exact) mass is 390 g/mol. The Balaban J connectivity index is 1.84. The summed E-state index contributed by atoms with van der Waals surface area (Å²) in [6, 6.07) is 0. The largest absolute Gasteiger partial charge is 0.481 e. The maximum atomic E-state index is 14.4. The van der Waals surface area contributed by atoms with Gasteiger partial charge in [-0.15, -0.1) is 0 Å². The Morgan fingerprint density at radius 1 is 1.26 bits per heavy atom. The molecule has 4 atom stereocenters. The average Bonchev–Trinajstić information content (AvgIpc) is 2.90. The zero-order chi connectivity index (χ0) is 20.1. The third-order valence-electron chi connectivity index (χ3n) is 6.04. The molecule has 2 aliphatic rings. The number of hydrogen-bond acceptors (Lipinski definition) is 4. The van der Waals surface area contributed by atoms with Gasteiger partial charge in [0.1, 0.15) is 5.78 Å². The van der Waals surface area contributed by atoms with Crippen LogP contribution >= 0.6 is 0 Å². The Labute approximate surface area is 159 Å². The molecule has 7 heteroatoms. The molecule has 2 fully saturated rings. The van der Waals surface area contributed by atoms with E-state index in [0.29, 0.717) is 32.1 Å². The van der Waals surface area contributed by atoms with E-state index in [-0.39, 0.29) is 36.9 Å². The molecule has 0 amide bonds.